The quantitative estimate of drug-likeness (QED) is 0.877. The van der Waals surface area contributed by atoms with Crippen molar-refractivity contribution in [1.29, 1.82) is 0 Å². The van der Waals surface area contributed by atoms with Crippen LogP contribution in [0.4, 0.5) is 5.95 Å². The summed E-state index contributed by atoms with van der Waals surface area (Å²) in [6, 6.07) is 2.05. The molecule has 0 saturated carbocycles. The van der Waals surface area contributed by atoms with E-state index in [0.29, 0.717) is 18.4 Å². The van der Waals surface area contributed by atoms with Gasteiger partial charge in [-0.2, -0.15) is 4.98 Å². The van der Waals surface area contributed by atoms with Gasteiger partial charge in [0.1, 0.15) is 0 Å². The van der Waals surface area contributed by atoms with E-state index in [0.717, 1.165) is 31.2 Å². The Morgan fingerprint density at radius 1 is 1.50 bits per heavy atom. The molecule has 2 rings (SSSR count). The third kappa shape index (κ3) is 2.90. The van der Waals surface area contributed by atoms with Gasteiger partial charge in [-0.15, -0.1) is 0 Å². The van der Waals surface area contributed by atoms with E-state index in [2.05, 4.69) is 21.8 Å². The van der Waals surface area contributed by atoms with Crippen LogP contribution in [0.3, 0.4) is 0 Å². The van der Waals surface area contributed by atoms with E-state index in [1.807, 2.05) is 19.9 Å². The first-order chi connectivity index (χ1) is 8.60. The summed E-state index contributed by atoms with van der Waals surface area (Å²) >= 11 is 0. The average molecular weight is 250 g/mol. The molecule has 1 aromatic heterocycles. The van der Waals surface area contributed by atoms with Crippen LogP contribution in [0.1, 0.15) is 26.0 Å². The first-order valence-electron chi connectivity index (χ1n) is 6.59. The summed E-state index contributed by atoms with van der Waals surface area (Å²) in [6.45, 7) is 8.51. The van der Waals surface area contributed by atoms with Gasteiger partial charge in [-0.3, -0.25) is 0 Å². The summed E-state index contributed by atoms with van der Waals surface area (Å²) in [6.07, 6.45) is 1.09. The minimum absolute atomic E-state index is 0.193. The van der Waals surface area contributed by atoms with Crippen molar-refractivity contribution in [2.45, 2.75) is 33.2 Å². The summed E-state index contributed by atoms with van der Waals surface area (Å²) in [5.74, 6) is 1.95. The highest BCUT2D eigenvalue weighted by molar-refractivity contribution is 5.35. The average Bonchev–Trinajstić information content (AvgIpc) is 2.32. The van der Waals surface area contributed by atoms with Gasteiger partial charge in [0.2, 0.25) is 11.8 Å². The van der Waals surface area contributed by atoms with Crippen molar-refractivity contribution in [3.63, 3.8) is 0 Å². The van der Waals surface area contributed by atoms with Gasteiger partial charge in [0, 0.05) is 30.9 Å². The molecule has 0 radical (unpaired) electrons. The van der Waals surface area contributed by atoms with Gasteiger partial charge in [-0.05, 0) is 26.2 Å². The van der Waals surface area contributed by atoms with Crippen molar-refractivity contribution in [1.82, 2.24) is 9.97 Å². The van der Waals surface area contributed by atoms with Gasteiger partial charge in [0.25, 0.3) is 0 Å². The number of nitrogens with zero attached hydrogens (tertiary/aromatic N) is 3. The van der Waals surface area contributed by atoms with E-state index in [4.69, 9.17) is 10.5 Å². The maximum Gasteiger partial charge on any atom is 0.228 e. The Kier molecular flexibility index (Phi) is 4.01. The number of aromatic nitrogens is 2. The maximum atomic E-state index is 6.11. The van der Waals surface area contributed by atoms with Crippen LogP contribution >= 0.6 is 0 Å². The molecule has 0 aliphatic carbocycles. The van der Waals surface area contributed by atoms with Crippen LogP contribution in [0.25, 0.3) is 0 Å². The third-order valence-electron chi connectivity index (χ3n) is 3.41. The standard InChI is InChI=1S/C13H22N4O/c1-4-18-12-7-10(3)15-13(16-12)17-6-5-9(2)11(14)8-17/h7,9,11H,4-6,8,14H2,1-3H3. The maximum absolute atomic E-state index is 6.11. The molecule has 1 aliphatic rings. The van der Waals surface area contributed by atoms with E-state index in [9.17, 15) is 0 Å². The van der Waals surface area contributed by atoms with Crippen molar-refractivity contribution in [2.75, 3.05) is 24.6 Å². The van der Waals surface area contributed by atoms with Crippen molar-refractivity contribution >= 4 is 5.95 Å². The molecule has 1 aromatic rings. The molecule has 1 saturated heterocycles. The fourth-order valence-corrected chi connectivity index (χ4v) is 2.17. The fourth-order valence-electron chi connectivity index (χ4n) is 2.17. The van der Waals surface area contributed by atoms with Crippen LogP contribution < -0.4 is 15.4 Å². The number of piperidine rings is 1. The van der Waals surface area contributed by atoms with Crippen molar-refractivity contribution < 1.29 is 4.74 Å². The second-order valence-electron chi connectivity index (χ2n) is 4.96. The summed E-state index contributed by atoms with van der Waals surface area (Å²) in [5.41, 5.74) is 7.04. The predicted molar refractivity (Wildman–Crippen MR) is 71.9 cm³/mol. The lowest BCUT2D eigenvalue weighted by atomic mass is 9.94. The number of aryl methyl sites for hydroxylation is 1. The molecule has 2 N–H and O–H groups in total. The van der Waals surface area contributed by atoms with Gasteiger partial charge >= 0.3 is 0 Å². The summed E-state index contributed by atoms with van der Waals surface area (Å²) in [5, 5.41) is 0. The van der Waals surface area contributed by atoms with E-state index in [1.165, 1.54) is 0 Å². The van der Waals surface area contributed by atoms with Crippen LogP contribution in [0.5, 0.6) is 5.88 Å². The second kappa shape index (κ2) is 5.52. The molecule has 0 aromatic carbocycles. The first kappa shape index (κ1) is 13.1. The molecule has 2 atom stereocenters. The van der Waals surface area contributed by atoms with Crippen LogP contribution in [0.15, 0.2) is 6.07 Å². The topological polar surface area (TPSA) is 64.3 Å². The van der Waals surface area contributed by atoms with Gasteiger partial charge in [-0.1, -0.05) is 6.92 Å². The zero-order valence-corrected chi connectivity index (χ0v) is 11.4. The molecule has 5 nitrogen and oxygen atoms in total. The summed E-state index contributed by atoms with van der Waals surface area (Å²) in [7, 11) is 0. The molecule has 2 unspecified atom stereocenters. The number of ether oxygens (including phenoxy) is 1. The SMILES string of the molecule is CCOc1cc(C)nc(N2CCC(C)C(N)C2)n1. The largest absolute Gasteiger partial charge is 0.478 e. The Morgan fingerprint density at radius 3 is 2.94 bits per heavy atom. The van der Waals surface area contributed by atoms with Crippen LogP contribution in [0.2, 0.25) is 0 Å². The Labute approximate surface area is 108 Å². The molecule has 5 heteroatoms. The summed E-state index contributed by atoms with van der Waals surface area (Å²) < 4.78 is 5.46. The lowest BCUT2D eigenvalue weighted by Crippen LogP contribution is -2.48. The van der Waals surface area contributed by atoms with Crippen molar-refractivity contribution in [2.24, 2.45) is 11.7 Å². The second-order valence-corrected chi connectivity index (χ2v) is 4.96. The Morgan fingerprint density at radius 2 is 2.28 bits per heavy atom. The normalized spacial score (nSPS) is 24.1. The fraction of sp³-hybridized carbons (Fsp3) is 0.692. The molecule has 100 valence electrons. The minimum atomic E-state index is 0.193. The third-order valence-corrected chi connectivity index (χ3v) is 3.41. The van der Waals surface area contributed by atoms with E-state index in [1.54, 1.807) is 0 Å². The van der Waals surface area contributed by atoms with Crippen LogP contribution in [-0.4, -0.2) is 35.7 Å². The Hall–Kier alpha value is -1.36. The number of hydrogen-bond donors (Lipinski definition) is 1. The zero-order chi connectivity index (χ0) is 13.1. The highest BCUT2D eigenvalue weighted by Crippen LogP contribution is 2.21. The van der Waals surface area contributed by atoms with Crippen LogP contribution in [-0.2, 0) is 0 Å². The molecular formula is C13H22N4O. The van der Waals surface area contributed by atoms with Gasteiger partial charge in [0.15, 0.2) is 0 Å². The predicted octanol–water partition coefficient (Wildman–Crippen LogP) is 1.36. The Balaban J connectivity index is 2.17. The van der Waals surface area contributed by atoms with Crippen molar-refractivity contribution in [3.05, 3.63) is 11.8 Å². The zero-order valence-electron chi connectivity index (χ0n) is 11.4. The van der Waals surface area contributed by atoms with Gasteiger partial charge in [0.05, 0.1) is 6.61 Å². The first-order valence-corrected chi connectivity index (χ1v) is 6.59. The van der Waals surface area contributed by atoms with Gasteiger partial charge in [-0.25, -0.2) is 4.98 Å². The molecule has 1 aliphatic heterocycles. The molecule has 0 amide bonds. The lowest BCUT2D eigenvalue weighted by molar-refractivity contribution is 0.324. The Bertz CT molecular complexity index is 410. The molecule has 1 fully saturated rings. The van der Waals surface area contributed by atoms with Gasteiger partial charge < -0.3 is 15.4 Å². The van der Waals surface area contributed by atoms with E-state index < -0.39 is 0 Å². The highest BCUT2D eigenvalue weighted by Gasteiger charge is 2.25. The van der Waals surface area contributed by atoms with Crippen molar-refractivity contribution in [3.8, 4) is 5.88 Å². The highest BCUT2D eigenvalue weighted by atomic mass is 16.5. The van der Waals surface area contributed by atoms with E-state index in [-0.39, 0.29) is 6.04 Å². The smallest absolute Gasteiger partial charge is 0.228 e. The number of anilines is 1. The molecule has 0 bridgehead atoms. The molecular weight excluding hydrogens is 228 g/mol. The van der Waals surface area contributed by atoms with Crippen LogP contribution in [0, 0.1) is 12.8 Å². The molecule has 2 heterocycles. The molecule has 18 heavy (non-hydrogen) atoms. The minimum Gasteiger partial charge on any atom is -0.478 e. The number of rotatable bonds is 3. The lowest BCUT2D eigenvalue weighted by Gasteiger charge is -2.35. The monoisotopic (exact) mass is 250 g/mol. The summed E-state index contributed by atoms with van der Waals surface area (Å²) in [4.78, 5) is 11.1. The number of nitrogens with two attached hydrogens (primary N) is 1. The molecule has 0 spiro atoms. The number of hydrogen-bond acceptors (Lipinski definition) is 5. The van der Waals surface area contributed by atoms with E-state index >= 15 is 0 Å².